The van der Waals surface area contributed by atoms with Crippen LogP contribution in [-0.2, 0) is 0 Å². The van der Waals surface area contributed by atoms with Crippen molar-refractivity contribution in [1.82, 2.24) is 4.90 Å². The van der Waals surface area contributed by atoms with Gasteiger partial charge >= 0.3 is 5.97 Å². The molecule has 0 spiro atoms. The molecule has 1 aliphatic carbocycles. The Morgan fingerprint density at radius 2 is 1.83 bits per heavy atom. The molecule has 1 atom stereocenters. The minimum atomic E-state index is -0.989. The van der Waals surface area contributed by atoms with Crippen molar-refractivity contribution in [3.8, 4) is 0 Å². The van der Waals surface area contributed by atoms with Crippen molar-refractivity contribution in [2.24, 2.45) is 11.8 Å². The molecule has 4 nitrogen and oxygen atoms in total. The molecule has 2 rings (SSSR count). The molecule has 24 heavy (non-hydrogen) atoms. The van der Waals surface area contributed by atoms with E-state index in [4.69, 9.17) is 5.11 Å². The molecule has 1 fully saturated rings. The lowest BCUT2D eigenvalue weighted by molar-refractivity contribution is 0.0697. The standard InChI is InChI=1S/C20H29NO3/c1-21(2)14-16(11-15-7-4-3-5-8-15)12-19(22)17-9-6-10-18(13-17)20(23)24/h6,9-10,13,15-16H,3-5,7-8,11-12,14H2,1-2H3,(H,23,24)/t16-/m1/s1. The van der Waals surface area contributed by atoms with E-state index in [-0.39, 0.29) is 11.3 Å². The molecule has 1 saturated carbocycles. The van der Waals surface area contributed by atoms with Gasteiger partial charge in [0.05, 0.1) is 5.56 Å². The molecule has 0 heterocycles. The van der Waals surface area contributed by atoms with Crippen LogP contribution in [0.4, 0.5) is 0 Å². The summed E-state index contributed by atoms with van der Waals surface area (Å²) >= 11 is 0. The third-order valence-corrected chi connectivity index (χ3v) is 4.92. The Labute approximate surface area is 144 Å². The Morgan fingerprint density at radius 3 is 2.46 bits per heavy atom. The van der Waals surface area contributed by atoms with Crippen molar-refractivity contribution < 1.29 is 14.7 Å². The third kappa shape index (κ3) is 5.75. The highest BCUT2D eigenvalue weighted by Crippen LogP contribution is 2.31. The van der Waals surface area contributed by atoms with E-state index in [9.17, 15) is 9.59 Å². The predicted octanol–water partition coefficient (Wildman–Crippen LogP) is 4.11. The topological polar surface area (TPSA) is 57.6 Å². The summed E-state index contributed by atoms with van der Waals surface area (Å²) < 4.78 is 0. The summed E-state index contributed by atoms with van der Waals surface area (Å²) in [7, 11) is 4.09. The second kappa shape index (κ2) is 8.97. The number of carboxylic acid groups (broad SMARTS) is 1. The van der Waals surface area contributed by atoms with Crippen LogP contribution in [0.25, 0.3) is 0 Å². The number of ketones is 1. The molecule has 4 heteroatoms. The number of hydrogen-bond donors (Lipinski definition) is 1. The molecule has 0 bridgehead atoms. The number of aromatic carboxylic acids is 1. The lowest BCUT2D eigenvalue weighted by atomic mass is 9.81. The van der Waals surface area contributed by atoms with E-state index in [1.54, 1.807) is 12.1 Å². The van der Waals surface area contributed by atoms with Crippen LogP contribution in [0.15, 0.2) is 24.3 Å². The highest BCUT2D eigenvalue weighted by molar-refractivity contribution is 5.98. The van der Waals surface area contributed by atoms with E-state index >= 15 is 0 Å². The normalized spacial score (nSPS) is 17.0. The summed E-state index contributed by atoms with van der Waals surface area (Å²) in [4.78, 5) is 25.9. The summed E-state index contributed by atoms with van der Waals surface area (Å²) in [5, 5.41) is 9.09. The van der Waals surface area contributed by atoms with Gasteiger partial charge in [0.2, 0.25) is 0 Å². The number of nitrogens with zero attached hydrogens (tertiary/aromatic N) is 1. The number of carboxylic acids is 1. The average Bonchev–Trinajstić information content (AvgIpc) is 2.55. The van der Waals surface area contributed by atoms with Crippen LogP contribution in [0.3, 0.4) is 0 Å². The Balaban J connectivity index is 2.02. The van der Waals surface area contributed by atoms with Gasteiger partial charge in [-0.1, -0.05) is 44.2 Å². The zero-order valence-corrected chi connectivity index (χ0v) is 14.8. The molecule has 0 unspecified atom stereocenters. The number of Topliss-reactive ketones (excluding diaryl/α,β-unsaturated/α-hetero) is 1. The van der Waals surface area contributed by atoms with Crippen molar-refractivity contribution >= 4 is 11.8 Å². The van der Waals surface area contributed by atoms with Crippen LogP contribution in [0.2, 0.25) is 0 Å². The summed E-state index contributed by atoms with van der Waals surface area (Å²) in [5.41, 5.74) is 0.694. The van der Waals surface area contributed by atoms with Gasteiger partial charge in [-0.2, -0.15) is 0 Å². The van der Waals surface area contributed by atoms with Gasteiger partial charge in [-0.3, -0.25) is 4.79 Å². The first-order chi connectivity index (χ1) is 11.5. The van der Waals surface area contributed by atoms with E-state index in [0.717, 1.165) is 18.9 Å². The zero-order chi connectivity index (χ0) is 17.5. The molecule has 0 aromatic heterocycles. The highest BCUT2D eigenvalue weighted by Gasteiger charge is 2.22. The van der Waals surface area contributed by atoms with Gasteiger partial charge in [0.25, 0.3) is 0 Å². The van der Waals surface area contributed by atoms with Crippen molar-refractivity contribution in [3.05, 3.63) is 35.4 Å². The van der Waals surface area contributed by atoms with Gasteiger partial charge in [-0.05, 0) is 44.5 Å². The second-order valence-electron chi connectivity index (χ2n) is 7.38. The molecule has 1 aromatic carbocycles. The molecule has 0 amide bonds. The van der Waals surface area contributed by atoms with E-state index in [1.165, 1.54) is 44.2 Å². The molecular weight excluding hydrogens is 302 g/mol. The van der Waals surface area contributed by atoms with Crippen molar-refractivity contribution in [2.75, 3.05) is 20.6 Å². The maximum absolute atomic E-state index is 12.6. The lowest BCUT2D eigenvalue weighted by Crippen LogP contribution is -2.26. The Hall–Kier alpha value is -1.68. The second-order valence-corrected chi connectivity index (χ2v) is 7.38. The molecule has 0 saturated heterocycles. The van der Waals surface area contributed by atoms with Crippen LogP contribution < -0.4 is 0 Å². The first-order valence-corrected chi connectivity index (χ1v) is 8.97. The van der Waals surface area contributed by atoms with Crippen molar-refractivity contribution in [1.29, 1.82) is 0 Å². The van der Waals surface area contributed by atoms with Gasteiger partial charge in [0.15, 0.2) is 5.78 Å². The maximum atomic E-state index is 12.6. The molecule has 1 aromatic rings. The van der Waals surface area contributed by atoms with Gasteiger partial charge < -0.3 is 10.0 Å². The number of carbonyl (C=O) groups is 2. The first-order valence-electron chi connectivity index (χ1n) is 8.97. The number of rotatable bonds is 8. The third-order valence-electron chi connectivity index (χ3n) is 4.92. The SMILES string of the molecule is CN(C)C[C@@H](CC(=O)c1cccc(C(=O)O)c1)CC1CCCCC1. The van der Waals surface area contributed by atoms with Gasteiger partial charge in [-0.25, -0.2) is 4.79 Å². The smallest absolute Gasteiger partial charge is 0.335 e. The van der Waals surface area contributed by atoms with Gasteiger partial charge in [-0.15, -0.1) is 0 Å². The van der Waals surface area contributed by atoms with E-state index in [0.29, 0.717) is 17.9 Å². The van der Waals surface area contributed by atoms with E-state index in [1.807, 2.05) is 14.1 Å². The van der Waals surface area contributed by atoms with Crippen molar-refractivity contribution in [2.45, 2.75) is 44.9 Å². The number of carbonyl (C=O) groups excluding carboxylic acids is 1. The minimum absolute atomic E-state index is 0.0563. The summed E-state index contributed by atoms with van der Waals surface area (Å²) in [6, 6.07) is 6.40. The molecule has 132 valence electrons. The monoisotopic (exact) mass is 331 g/mol. The largest absolute Gasteiger partial charge is 0.478 e. The lowest BCUT2D eigenvalue weighted by Gasteiger charge is -2.28. The van der Waals surface area contributed by atoms with E-state index in [2.05, 4.69) is 4.90 Å². The maximum Gasteiger partial charge on any atom is 0.335 e. The van der Waals surface area contributed by atoms with Crippen LogP contribution in [-0.4, -0.2) is 42.4 Å². The fourth-order valence-electron chi connectivity index (χ4n) is 3.84. The molecule has 1 N–H and O–H groups in total. The molecule has 0 aliphatic heterocycles. The Morgan fingerprint density at radius 1 is 1.17 bits per heavy atom. The fraction of sp³-hybridized carbons (Fsp3) is 0.600. The van der Waals surface area contributed by atoms with E-state index < -0.39 is 5.97 Å². The summed E-state index contributed by atoms with van der Waals surface area (Å²) in [6.45, 7) is 0.904. The van der Waals surface area contributed by atoms with Crippen molar-refractivity contribution in [3.63, 3.8) is 0 Å². The first kappa shape index (κ1) is 18.7. The molecule has 0 radical (unpaired) electrons. The summed E-state index contributed by atoms with van der Waals surface area (Å²) in [6.07, 6.45) is 8.14. The van der Waals surface area contributed by atoms with Crippen LogP contribution in [0.5, 0.6) is 0 Å². The van der Waals surface area contributed by atoms with Gasteiger partial charge in [0, 0.05) is 18.5 Å². The van der Waals surface area contributed by atoms with Crippen LogP contribution in [0, 0.1) is 11.8 Å². The highest BCUT2D eigenvalue weighted by atomic mass is 16.4. The minimum Gasteiger partial charge on any atom is -0.478 e. The fourth-order valence-corrected chi connectivity index (χ4v) is 3.84. The Kier molecular flexibility index (Phi) is 6.98. The van der Waals surface area contributed by atoms with Gasteiger partial charge in [0.1, 0.15) is 0 Å². The average molecular weight is 331 g/mol. The predicted molar refractivity (Wildman–Crippen MR) is 95.6 cm³/mol. The molecular formula is C20H29NO3. The number of benzene rings is 1. The number of hydrogen-bond acceptors (Lipinski definition) is 3. The summed E-state index contributed by atoms with van der Waals surface area (Å²) in [5.74, 6) is 0.142. The van der Waals surface area contributed by atoms with Crippen LogP contribution in [0.1, 0.15) is 65.7 Å². The quantitative estimate of drug-likeness (QED) is 0.728. The zero-order valence-electron chi connectivity index (χ0n) is 14.8. The Bertz CT molecular complexity index is 562. The molecule has 1 aliphatic rings. The van der Waals surface area contributed by atoms with Crippen LogP contribution >= 0.6 is 0 Å².